The number of rotatable bonds is 5. The number of piperazine rings is 1. The molecule has 0 N–H and O–H groups in total. The number of halogens is 4. The Hall–Kier alpha value is -2.25. The van der Waals surface area contributed by atoms with Crippen molar-refractivity contribution in [2.24, 2.45) is 0 Å². The molecule has 1 amide bonds. The average Bonchev–Trinajstić information content (AvgIpc) is 2.81. The summed E-state index contributed by atoms with van der Waals surface area (Å²) < 4.78 is 5.76. The summed E-state index contributed by atoms with van der Waals surface area (Å²) >= 11 is 24.3. The molecule has 1 unspecified atom stereocenters. The first kappa shape index (κ1) is 23.9. The number of aromatic nitrogens is 2. The molecule has 3 aromatic rings. The van der Waals surface area contributed by atoms with E-state index in [1.165, 1.54) is 0 Å². The van der Waals surface area contributed by atoms with Crippen LogP contribution in [0.1, 0.15) is 6.92 Å². The second-order valence-corrected chi connectivity index (χ2v) is 9.24. The lowest BCUT2D eigenvalue weighted by Gasteiger charge is -2.36. The van der Waals surface area contributed by atoms with E-state index < -0.39 is 6.10 Å². The number of anilines is 1. The zero-order valence-electron chi connectivity index (χ0n) is 17.6. The largest absolute Gasteiger partial charge is 0.479 e. The Morgan fingerprint density at radius 3 is 2.15 bits per heavy atom. The smallest absolute Gasteiger partial charge is 0.263 e. The van der Waals surface area contributed by atoms with E-state index >= 15 is 0 Å². The van der Waals surface area contributed by atoms with Gasteiger partial charge in [0.05, 0.1) is 15.7 Å². The van der Waals surface area contributed by atoms with Gasteiger partial charge in [0.2, 0.25) is 0 Å². The minimum absolute atomic E-state index is 0.0977. The van der Waals surface area contributed by atoms with E-state index in [9.17, 15) is 4.79 Å². The van der Waals surface area contributed by atoms with Crippen LogP contribution in [0, 0.1) is 0 Å². The highest BCUT2D eigenvalue weighted by molar-refractivity contribution is 6.36. The molecule has 6 nitrogen and oxygen atoms in total. The topological polar surface area (TPSA) is 58.6 Å². The van der Waals surface area contributed by atoms with Crippen LogP contribution in [0.2, 0.25) is 20.1 Å². The molecule has 1 saturated heterocycles. The highest BCUT2D eigenvalue weighted by Gasteiger charge is 2.27. The van der Waals surface area contributed by atoms with Crippen LogP contribution in [0.25, 0.3) is 11.3 Å². The van der Waals surface area contributed by atoms with E-state index in [2.05, 4.69) is 15.1 Å². The standard InChI is InChI=1S/C23H20Cl4N4O2/c1-14(33-21-6-3-16(25)13-19(21)27)23(32)31-10-8-30(9-11-31)22-7-5-20(28-29-22)17-4-2-15(24)12-18(17)26/h2-7,12-14H,8-11H2,1H3. The molecule has 1 aliphatic heterocycles. The maximum Gasteiger partial charge on any atom is 0.263 e. The Balaban J connectivity index is 1.34. The second-order valence-electron chi connectivity index (χ2n) is 7.55. The van der Waals surface area contributed by atoms with Gasteiger partial charge in [-0.2, -0.15) is 0 Å². The number of carbonyl (C=O) groups excluding carboxylic acids is 1. The van der Waals surface area contributed by atoms with Crippen molar-refractivity contribution >= 4 is 58.1 Å². The van der Waals surface area contributed by atoms with Gasteiger partial charge in [-0.25, -0.2) is 0 Å². The number of nitrogens with zero attached hydrogens (tertiary/aromatic N) is 4. The SMILES string of the molecule is CC(Oc1ccc(Cl)cc1Cl)C(=O)N1CCN(c2ccc(-c3ccc(Cl)cc3Cl)nn2)CC1. The first-order chi connectivity index (χ1) is 15.8. The van der Waals surface area contributed by atoms with Crippen LogP contribution >= 0.6 is 46.4 Å². The van der Waals surface area contributed by atoms with Crippen molar-refractivity contribution in [3.8, 4) is 17.0 Å². The summed E-state index contributed by atoms with van der Waals surface area (Å²) in [5.74, 6) is 1.07. The maximum atomic E-state index is 12.8. The van der Waals surface area contributed by atoms with Gasteiger partial charge in [0.25, 0.3) is 5.91 Å². The summed E-state index contributed by atoms with van der Waals surface area (Å²) in [5.41, 5.74) is 1.44. The third-order valence-corrected chi connectivity index (χ3v) is 6.40. The molecule has 0 saturated carbocycles. The number of amides is 1. The molecule has 4 rings (SSSR count). The van der Waals surface area contributed by atoms with Gasteiger partial charge in [-0.3, -0.25) is 4.79 Å². The Morgan fingerprint density at radius 1 is 0.879 bits per heavy atom. The molecular weight excluding hydrogens is 506 g/mol. The summed E-state index contributed by atoms with van der Waals surface area (Å²) in [5, 5.41) is 10.6. The molecule has 1 aliphatic rings. The van der Waals surface area contributed by atoms with Crippen LogP contribution in [0.15, 0.2) is 48.5 Å². The number of ether oxygens (including phenoxy) is 1. The van der Waals surface area contributed by atoms with Crippen LogP contribution < -0.4 is 9.64 Å². The van der Waals surface area contributed by atoms with Crippen LogP contribution in [-0.2, 0) is 4.79 Å². The van der Waals surface area contributed by atoms with E-state index in [4.69, 9.17) is 51.1 Å². The third-order valence-electron chi connectivity index (χ3n) is 5.32. The average molecular weight is 526 g/mol. The fourth-order valence-electron chi connectivity index (χ4n) is 3.56. The molecule has 10 heteroatoms. The van der Waals surface area contributed by atoms with Crippen molar-refractivity contribution in [2.75, 3.05) is 31.1 Å². The quantitative estimate of drug-likeness (QED) is 0.416. The van der Waals surface area contributed by atoms with E-state index in [1.807, 2.05) is 18.2 Å². The molecular formula is C23H20Cl4N4O2. The second kappa shape index (κ2) is 10.3. The Labute approximate surface area is 212 Å². The molecule has 2 heterocycles. The molecule has 1 aromatic heterocycles. The molecule has 0 aliphatic carbocycles. The summed E-state index contributed by atoms with van der Waals surface area (Å²) in [4.78, 5) is 16.7. The minimum atomic E-state index is -0.668. The molecule has 0 spiro atoms. The summed E-state index contributed by atoms with van der Waals surface area (Å²) in [6, 6.07) is 14.0. The van der Waals surface area contributed by atoms with Gasteiger partial charge in [-0.1, -0.05) is 46.4 Å². The summed E-state index contributed by atoms with van der Waals surface area (Å²) in [6.45, 7) is 4.08. The van der Waals surface area contributed by atoms with E-state index in [-0.39, 0.29) is 5.91 Å². The van der Waals surface area contributed by atoms with Gasteiger partial charge in [0.1, 0.15) is 5.75 Å². The maximum absolute atomic E-state index is 12.8. The molecule has 0 radical (unpaired) electrons. The fourth-order valence-corrected chi connectivity index (χ4v) is 4.52. The number of carbonyl (C=O) groups is 1. The van der Waals surface area contributed by atoms with Gasteiger partial charge in [0.15, 0.2) is 11.9 Å². The van der Waals surface area contributed by atoms with E-state index in [0.717, 1.165) is 11.4 Å². The van der Waals surface area contributed by atoms with Gasteiger partial charge in [0, 0.05) is 41.8 Å². The zero-order valence-corrected chi connectivity index (χ0v) is 20.7. The zero-order chi connectivity index (χ0) is 23.5. The molecule has 0 bridgehead atoms. The van der Waals surface area contributed by atoms with Gasteiger partial charge in [-0.05, 0) is 55.5 Å². The first-order valence-electron chi connectivity index (χ1n) is 10.3. The number of hydrogen-bond donors (Lipinski definition) is 0. The predicted molar refractivity (Wildman–Crippen MR) is 133 cm³/mol. The Kier molecular flexibility index (Phi) is 7.49. The van der Waals surface area contributed by atoms with Crippen LogP contribution in [-0.4, -0.2) is 53.3 Å². The van der Waals surface area contributed by atoms with Crippen molar-refractivity contribution in [3.63, 3.8) is 0 Å². The molecule has 33 heavy (non-hydrogen) atoms. The molecule has 172 valence electrons. The van der Waals surface area contributed by atoms with Crippen molar-refractivity contribution in [3.05, 3.63) is 68.6 Å². The first-order valence-corrected chi connectivity index (χ1v) is 11.8. The Bertz CT molecular complexity index is 1150. The van der Waals surface area contributed by atoms with Crippen molar-refractivity contribution in [1.29, 1.82) is 0 Å². The fraction of sp³-hybridized carbons (Fsp3) is 0.261. The minimum Gasteiger partial charge on any atom is -0.479 e. The number of benzene rings is 2. The lowest BCUT2D eigenvalue weighted by Crippen LogP contribution is -2.52. The van der Waals surface area contributed by atoms with Gasteiger partial charge >= 0.3 is 0 Å². The highest BCUT2D eigenvalue weighted by atomic mass is 35.5. The monoisotopic (exact) mass is 524 g/mol. The van der Waals surface area contributed by atoms with Gasteiger partial charge < -0.3 is 14.5 Å². The lowest BCUT2D eigenvalue weighted by atomic mass is 10.1. The van der Waals surface area contributed by atoms with Crippen molar-refractivity contribution in [1.82, 2.24) is 15.1 Å². The molecule has 2 aromatic carbocycles. The van der Waals surface area contributed by atoms with Crippen LogP contribution in [0.4, 0.5) is 5.82 Å². The van der Waals surface area contributed by atoms with E-state index in [1.54, 1.807) is 42.2 Å². The highest BCUT2D eigenvalue weighted by Crippen LogP contribution is 2.30. The van der Waals surface area contributed by atoms with E-state index in [0.29, 0.717) is 57.7 Å². The molecule has 1 fully saturated rings. The number of hydrogen-bond acceptors (Lipinski definition) is 5. The molecule has 1 atom stereocenters. The summed E-state index contributed by atoms with van der Waals surface area (Å²) in [6.07, 6.45) is -0.668. The van der Waals surface area contributed by atoms with Crippen LogP contribution in [0.3, 0.4) is 0 Å². The van der Waals surface area contributed by atoms with Crippen LogP contribution in [0.5, 0.6) is 5.75 Å². The lowest BCUT2D eigenvalue weighted by molar-refractivity contribution is -0.138. The van der Waals surface area contributed by atoms with Crippen molar-refractivity contribution < 1.29 is 9.53 Å². The van der Waals surface area contributed by atoms with Gasteiger partial charge in [-0.15, -0.1) is 10.2 Å². The van der Waals surface area contributed by atoms with Crippen molar-refractivity contribution in [2.45, 2.75) is 13.0 Å². The normalized spacial score (nSPS) is 14.8. The predicted octanol–water partition coefficient (Wildman–Crippen LogP) is 5.87. The Morgan fingerprint density at radius 2 is 1.55 bits per heavy atom. The summed E-state index contributed by atoms with van der Waals surface area (Å²) in [7, 11) is 0. The third kappa shape index (κ3) is 5.64.